The van der Waals surface area contributed by atoms with E-state index in [1.165, 1.54) is 11.1 Å². The predicted octanol–water partition coefficient (Wildman–Crippen LogP) is 4.19. The molecule has 1 saturated heterocycles. The van der Waals surface area contributed by atoms with Crippen molar-refractivity contribution in [1.82, 2.24) is 9.80 Å². The van der Waals surface area contributed by atoms with Gasteiger partial charge >= 0.3 is 0 Å². The first kappa shape index (κ1) is 26.5. The van der Waals surface area contributed by atoms with E-state index in [-0.39, 0.29) is 11.9 Å². The SMILES string of the molecule is CS(=O)(=O)Nc1ccccc1N1CCN(C(=O)[C@@H](Cc2ccc(Cl)cc2)N2[CH]Cc3ccccc3C2)CC1. The Hall–Kier alpha value is -3.07. The maximum Gasteiger partial charge on any atom is 0.240 e. The van der Waals surface area contributed by atoms with Crippen molar-refractivity contribution >= 4 is 38.9 Å². The van der Waals surface area contributed by atoms with Gasteiger partial charge in [-0.15, -0.1) is 0 Å². The summed E-state index contributed by atoms with van der Waals surface area (Å²) >= 11 is 6.11. The molecule has 0 spiro atoms. The molecule has 0 saturated carbocycles. The first-order valence-electron chi connectivity index (χ1n) is 12.8. The number of carbonyl (C=O) groups excluding carboxylic acids is 1. The average Bonchev–Trinajstić information content (AvgIpc) is 2.92. The number of para-hydroxylation sites is 2. The number of nitrogens with zero attached hydrogens (tertiary/aromatic N) is 3. The highest BCUT2D eigenvalue weighted by atomic mass is 35.5. The summed E-state index contributed by atoms with van der Waals surface area (Å²) in [6, 6.07) is 23.2. The third-order valence-electron chi connectivity index (χ3n) is 7.18. The second kappa shape index (κ2) is 11.4. The molecule has 0 unspecified atom stereocenters. The molecule has 38 heavy (non-hydrogen) atoms. The number of hydrogen-bond donors (Lipinski definition) is 1. The minimum atomic E-state index is -3.40. The minimum absolute atomic E-state index is 0.109. The van der Waals surface area contributed by atoms with E-state index >= 15 is 0 Å². The van der Waals surface area contributed by atoms with Crippen LogP contribution in [0, 0.1) is 6.54 Å². The van der Waals surface area contributed by atoms with E-state index in [0.29, 0.717) is 49.9 Å². The summed E-state index contributed by atoms with van der Waals surface area (Å²) in [5, 5.41) is 0.678. The van der Waals surface area contributed by atoms with Gasteiger partial charge in [-0.25, -0.2) is 8.42 Å². The topological polar surface area (TPSA) is 73.0 Å². The summed E-state index contributed by atoms with van der Waals surface area (Å²) in [5.74, 6) is 0.109. The molecule has 1 atom stereocenters. The number of piperazine rings is 1. The zero-order valence-electron chi connectivity index (χ0n) is 21.4. The fourth-order valence-electron chi connectivity index (χ4n) is 5.23. The molecule has 3 aromatic rings. The average molecular weight is 552 g/mol. The quantitative estimate of drug-likeness (QED) is 0.477. The number of hydrogen-bond acceptors (Lipinski definition) is 5. The van der Waals surface area contributed by atoms with Crippen LogP contribution in [0.4, 0.5) is 11.4 Å². The minimum Gasteiger partial charge on any atom is -0.366 e. The van der Waals surface area contributed by atoms with Crippen LogP contribution in [0.25, 0.3) is 0 Å². The standard InChI is InChI=1S/C29H32ClN4O3S/c1-38(36,37)31-26-8-4-5-9-27(26)32-16-18-33(19-17-32)29(35)28(20-22-10-12-25(30)13-11-22)34-15-14-23-6-2-3-7-24(23)21-34/h2-13,15,28,31H,14,16-21H2,1H3/t28-/m1/s1. The number of carbonyl (C=O) groups is 1. The highest BCUT2D eigenvalue weighted by Crippen LogP contribution is 2.29. The van der Waals surface area contributed by atoms with E-state index in [1.807, 2.05) is 53.4 Å². The first-order chi connectivity index (χ1) is 18.3. The van der Waals surface area contributed by atoms with Crippen LogP contribution in [-0.2, 0) is 34.2 Å². The zero-order chi connectivity index (χ0) is 26.7. The molecule has 1 radical (unpaired) electrons. The van der Waals surface area contributed by atoms with Gasteiger partial charge in [0.15, 0.2) is 0 Å². The number of amides is 1. The molecule has 0 bridgehead atoms. The van der Waals surface area contributed by atoms with Crippen molar-refractivity contribution in [2.45, 2.75) is 25.4 Å². The lowest BCUT2D eigenvalue weighted by atomic mass is 9.95. The van der Waals surface area contributed by atoms with Crippen molar-refractivity contribution in [3.63, 3.8) is 0 Å². The molecule has 2 aliphatic heterocycles. The summed E-state index contributed by atoms with van der Waals surface area (Å²) in [7, 11) is -3.40. The molecule has 0 aromatic heterocycles. The molecule has 5 rings (SSSR count). The molecule has 1 amide bonds. The van der Waals surface area contributed by atoms with Gasteiger partial charge in [0.2, 0.25) is 15.9 Å². The lowest BCUT2D eigenvalue weighted by Gasteiger charge is -2.41. The van der Waals surface area contributed by atoms with Crippen molar-refractivity contribution in [3.8, 4) is 0 Å². The van der Waals surface area contributed by atoms with Crippen LogP contribution in [0.2, 0.25) is 5.02 Å². The molecule has 1 fully saturated rings. The molecular formula is C29H32ClN4O3S. The second-order valence-electron chi connectivity index (χ2n) is 9.88. The van der Waals surface area contributed by atoms with Crippen molar-refractivity contribution in [2.24, 2.45) is 0 Å². The Morgan fingerprint density at radius 1 is 0.921 bits per heavy atom. The van der Waals surface area contributed by atoms with Crippen LogP contribution in [0.3, 0.4) is 0 Å². The van der Waals surface area contributed by atoms with E-state index in [0.717, 1.165) is 23.9 Å². The van der Waals surface area contributed by atoms with Gasteiger partial charge in [-0.05, 0) is 53.8 Å². The van der Waals surface area contributed by atoms with E-state index < -0.39 is 10.0 Å². The Bertz CT molecular complexity index is 1390. The van der Waals surface area contributed by atoms with Gasteiger partial charge in [-0.3, -0.25) is 14.4 Å². The molecule has 2 heterocycles. The van der Waals surface area contributed by atoms with Crippen LogP contribution >= 0.6 is 11.6 Å². The number of fused-ring (bicyclic) bond motifs is 1. The van der Waals surface area contributed by atoms with Crippen LogP contribution in [0.15, 0.2) is 72.8 Å². The van der Waals surface area contributed by atoms with Crippen molar-refractivity contribution in [3.05, 3.63) is 101 Å². The Morgan fingerprint density at radius 3 is 2.29 bits per heavy atom. The molecule has 3 aromatic carbocycles. The highest BCUT2D eigenvalue weighted by Gasteiger charge is 2.34. The Morgan fingerprint density at radius 2 is 1.58 bits per heavy atom. The molecule has 0 aliphatic carbocycles. The Kier molecular flexibility index (Phi) is 7.93. The van der Waals surface area contributed by atoms with Crippen LogP contribution < -0.4 is 9.62 Å². The third kappa shape index (κ3) is 6.31. The number of halogens is 1. The van der Waals surface area contributed by atoms with Gasteiger partial charge in [0.1, 0.15) is 0 Å². The first-order valence-corrected chi connectivity index (χ1v) is 15.0. The van der Waals surface area contributed by atoms with Gasteiger partial charge in [-0.2, -0.15) is 0 Å². The van der Waals surface area contributed by atoms with Crippen molar-refractivity contribution in [1.29, 1.82) is 0 Å². The van der Waals surface area contributed by atoms with Crippen LogP contribution in [-0.4, -0.2) is 62.6 Å². The fraction of sp³-hybridized carbons (Fsp3) is 0.310. The maximum absolute atomic E-state index is 14.0. The van der Waals surface area contributed by atoms with E-state index in [9.17, 15) is 13.2 Å². The van der Waals surface area contributed by atoms with Gasteiger partial charge < -0.3 is 9.80 Å². The van der Waals surface area contributed by atoms with E-state index in [2.05, 4.69) is 39.3 Å². The monoisotopic (exact) mass is 551 g/mol. The fourth-order valence-corrected chi connectivity index (χ4v) is 5.93. The summed E-state index contributed by atoms with van der Waals surface area (Å²) in [6.07, 6.45) is 2.55. The summed E-state index contributed by atoms with van der Waals surface area (Å²) < 4.78 is 26.3. The van der Waals surface area contributed by atoms with Gasteiger partial charge in [-0.1, -0.05) is 60.1 Å². The van der Waals surface area contributed by atoms with Gasteiger partial charge in [0, 0.05) is 44.3 Å². The highest BCUT2D eigenvalue weighted by molar-refractivity contribution is 7.92. The Balaban J connectivity index is 1.32. The number of benzene rings is 3. The second-order valence-corrected chi connectivity index (χ2v) is 12.1. The lowest BCUT2D eigenvalue weighted by molar-refractivity contribution is -0.137. The van der Waals surface area contributed by atoms with Crippen molar-refractivity contribution < 1.29 is 13.2 Å². The van der Waals surface area contributed by atoms with E-state index in [1.54, 1.807) is 6.07 Å². The number of anilines is 2. The van der Waals surface area contributed by atoms with Gasteiger partial charge in [0.05, 0.1) is 23.7 Å². The van der Waals surface area contributed by atoms with Gasteiger partial charge in [0.25, 0.3) is 0 Å². The van der Waals surface area contributed by atoms with Crippen LogP contribution in [0.1, 0.15) is 16.7 Å². The molecule has 199 valence electrons. The zero-order valence-corrected chi connectivity index (χ0v) is 23.0. The summed E-state index contributed by atoms with van der Waals surface area (Å²) in [6.45, 7) is 5.22. The third-order valence-corrected chi connectivity index (χ3v) is 8.02. The molecular weight excluding hydrogens is 520 g/mol. The smallest absolute Gasteiger partial charge is 0.240 e. The summed E-state index contributed by atoms with van der Waals surface area (Å²) in [5.41, 5.74) is 5.00. The number of rotatable bonds is 7. The van der Waals surface area contributed by atoms with Crippen LogP contribution in [0.5, 0.6) is 0 Å². The molecule has 9 heteroatoms. The number of nitrogens with one attached hydrogen (secondary N) is 1. The van der Waals surface area contributed by atoms with E-state index in [4.69, 9.17) is 11.6 Å². The molecule has 7 nitrogen and oxygen atoms in total. The normalized spacial score (nSPS) is 17.1. The Labute approximate surface area is 230 Å². The lowest BCUT2D eigenvalue weighted by Crippen LogP contribution is -2.55. The predicted molar refractivity (Wildman–Crippen MR) is 153 cm³/mol. The summed E-state index contributed by atoms with van der Waals surface area (Å²) in [4.78, 5) is 20.3. The largest absolute Gasteiger partial charge is 0.366 e. The number of sulfonamides is 1. The van der Waals surface area contributed by atoms with Crippen molar-refractivity contribution in [2.75, 3.05) is 42.1 Å². The maximum atomic E-state index is 14.0. The molecule has 2 aliphatic rings. The molecule has 1 N–H and O–H groups in total.